The molecule has 1 aromatic heterocycles. The number of piperidine rings is 1. The molecule has 0 unspecified atom stereocenters. The van der Waals surface area contributed by atoms with E-state index in [9.17, 15) is 9.18 Å². The van der Waals surface area contributed by atoms with Crippen molar-refractivity contribution in [1.29, 1.82) is 0 Å². The maximum absolute atomic E-state index is 13.5. The van der Waals surface area contributed by atoms with Crippen molar-refractivity contribution in [2.45, 2.75) is 38.6 Å². The van der Waals surface area contributed by atoms with Gasteiger partial charge in [0, 0.05) is 25.0 Å². The van der Waals surface area contributed by atoms with Crippen molar-refractivity contribution in [2.75, 3.05) is 18.5 Å². The van der Waals surface area contributed by atoms with Crippen molar-refractivity contribution < 1.29 is 13.9 Å². The lowest BCUT2D eigenvalue weighted by Gasteiger charge is -2.34. The first-order valence-electron chi connectivity index (χ1n) is 8.68. The second-order valence-electron chi connectivity index (χ2n) is 6.10. The number of hydrogen-bond donors (Lipinski definition) is 2. The minimum absolute atomic E-state index is 0.0794. The van der Waals surface area contributed by atoms with Gasteiger partial charge in [0.1, 0.15) is 17.4 Å². The van der Waals surface area contributed by atoms with Crippen LogP contribution in [-0.2, 0) is 0 Å². The molecule has 7 heteroatoms. The number of halogens is 1. The molecule has 0 aliphatic carbocycles. The number of imidazole rings is 1. The van der Waals surface area contributed by atoms with Gasteiger partial charge in [-0.25, -0.2) is 14.2 Å². The smallest absolute Gasteiger partial charge is 0.322 e. The third-order valence-corrected chi connectivity index (χ3v) is 4.25. The molecule has 2 N–H and O–H groups in total. The van der Waals surface area contributed by atoms with E-state index in [1.54, 1.807) is 17.3 Å². The summed E-state index contributed by atoms with van der Waals surface area (Å²) in [5.41, 5.74) is 0.476. The van der Waals surface area contributed by atoms with Crippen molar-refractivity contribution in [3.05, 3.63) is 42.2 Å². The number of anilines is 1. The third kappa shape index (κ3) is 4.10. The number of likely N-dealkylation sites (tertiary alicyclic amines) is 1. The zero-order chi connectivity index (χ0) is 17.6. The van der Waals surface area contributed by atoms with Crippen molar-refractivity contribution >= 4 is 11.7 Å². The van der Waals surface area contributed by atoms with Gasteiger partial charge in [-0.15, -0.1) is 0 Å². The summed E-state index contributed by atoms with van der Waals surface area (Å²) in [6.07, 6.45) is 7.12. The van der Waals surface area contributed by atoms with E-state index < -0.39 is 5.82 Å². The Morgan fingerprint density at radius 2 is 2.36 bits per heavy atom. The molecule has 0 saturated carbocycles. The molecule has 0 radical (unpaired) electrons. The van der Waals surface area contributed by atoms with Crippen LogP contribution in [0.25, 0.3) is 0 Å². The number of aromatic nitrogens is 2. The number of nitrogens with one attached hydrogen (secondary N) is 2. The highest BCUT2D eigenvalue weighted by Gasteiger charge is 2.30. The number of H-pyrrole nitrogens is 1. The maximum atomic E-state index is 13.5. The molecule has 2 amide bonds. The molecule has 6 nitrogen and oxygen atoms in total. The van der Waals surface area contributed by atoms with Gasteiger partial charge in [0.2, 0.25) is 0 Å². The van der Waals surface area contributed by atoms with E-state index in [-0.39, 0.29) is 12.1 Å². The predicted octanol–water partition coefficient (Wildman–Crippen LogP) is 4.10. The summed E-state index contributed by atoms with van der Waals surface area (Å²) in [4.78, 5) is 22.0. The average Bonchev–Trinajstić information content (AvgIpc) is 3.16. The number of carbonyl (C=O) groups excluding carboxylic acids is 1. The first-order chi connectivity index (χ1) is 12.2. The molecule has 3 rings (SSSR count). The molecule has 1 aliphatic heterocycles. The standard InChI is InChI=1S/C18H23FN4O2/c1-2-11-25-16-12-13(19)6-7-14(16)22-18(24)23-10-4-3-5-15(23)17-20-8-9-21-17/h6-9,12,15H,2-5,10-11H2,1H3,(H,20,21)(H,22,24)/t15-/m1/s1. The van der Waals surface area contributed by atoms with Crippen LogP contribution in [0, 0.1) is 5.82 Å². The van der Waals surface area contributed by atoms with Gasteiger partial charge in [0.05, 0.1) is 18.3 Å². The van der Waals surface area contributed by atoms with Gasteiger partial charge in [0.15, 0.2) is 0 Å². The predicted molar refractivity (Wildman–Crippen MR) is 93.1 cm³/mol. The normalized spacial score (nSPS) is 17.4. The number of urea groups is 1. The minimum atomic E-state index is -0.393. The Labute approximate surface area is 146 Å². The molecule has 1 aliphatic rings. The Morgan fingerprint density at radius 3 is 3.12 bits per heavy atom. The zero-order valence-corrected chi connectivity index (χ0v) is 14.3. The molecule has 0 bridgehead atoms. The maximum Gasteiger partial charge on any atom is 0.322 e. The monoisotopic (exact) mass is 346 g/mol. The number of nitrogens with zero attached hydrogens (tertiary/aromatic N) is 2. The lowest BCUT2D eigenvalue weighted by molar-refractivity contribution is 0.159. The SMILES string of the molecule is CCCOc1cc(F)ccc1NC(=O)N1CCCC[C@@H]1c1ncc[nH]1. The number of ether oxygens (including phenoxy) is 1. The summed E-state index contributed by atoms with van der Waals surface area (Å²) in [6.45, 7) is 3.09. The van der Waals surface area contributed by atoms with Crippen molar-refractivity contribution in [1.82, 2.24) is 14.9 Å². The number of benzene rings is 1. The Morgan fingerprint density at radius 1 is 1.48 bits per heavy atom. The van der Waals surface area contributed by atoms with Crippen molar-refractivity contribution in [2.24, 2.45) is 0 Å². The average molecular weight is 346 g/mol. The Hall–Kier alpha value is -2.57. The first kappa shape index (κ1) is 17.3. The molecule has 1 saturated heterocycles. The number of carbonyl (C=O) groups is 1. The summed E-state index contributed by atoms with van der Waals surface area (Å²) in [7, 11) is 0. The van der Waals surface area contributed by atoms with Gasteiger partial charge in [-0.1, -0.05) is 6.92 Å². The fourth-order valence-corrected chi connectivity index (χ4v) is 3.04. The summed E-state index contributed by atoms with van der Waals surface area (Å²) in [5.74, 6) is 0.744. The van der Waals surface area contributed by atoms with E-state index in [2.05, 4.69) is 15.3 Å². The molecule has 1 atom stereocenters. The number of aromatic amines is 1. The van der Waals surface area contributed by atoms with E-state index in [1.807, 2.05) is 6.92 Å². The van der Waals surface area contributed by atoms with Gasteiger partial charge < -0.3 is 19.9 Å². The van der Waals surface area contributed by atoms with Gasteiger partial charge in [-0.3, -0.25) is 0 Å². The van der Waals surface area contributed by atoms with Crippen molar-refractivity contribution in [3.8, 4) is 5.75 Å². The van der Waals surface area contributed by atoms with Crippen LogP contribution in [0.5, 0.6) is 5.75 Å². The second kappa shape index (κ2) is 8.00. The van der Waals surface area contributed by atoms with Gasteiger partial charge in [0.25, 0.3) is 0 Å². The Balaban J connectivity index is 1.76. The quantitative estimate of drug-likeness (QED) is 0.856. The Bertz CT molecular complexity index is 705. The summed E-state index contributed by atoms with van der Waals surface area (Å²) < 4.78 is 19.1. The Kier molecular flexibility index (Phi) is 5.53. The van der Waals surface area contributed by atoms with Gasteiger partial charge in [-0.2, -0.15) is 0 Å². The zero-order valence-electron chi connectivity index (χ0n) is 14.3. The van der Waals surface area contributed by atoms with Crippen LogP contribution < -0.4 is 10.1 Å². The largest absolute Gasteiger partial charge is 0.491 e. The molecule has 1 aromatic carbocycles. The lowest BCUT2D eigenvalue weighted by atomic mass is 10.0. The summed E-state index contributed by atoms with van der Waals surface area (Å²) >= 11 is 0. The molecular formula is C18H23FN4O2. The molecule has 1 fully saturated rings. The van der Waals surface area contributed by atoms with E-state index in [4.69, 9.17) is 4.74 Å². The third-order valence-electron chi connectivity index (χ3n) is 4.25. The number of rotatable bonds is 5. The fraction of sp³-hybridized carbons (Fsp3) is 0.444. The van der Waals surface area contributed by atoms with E-state index in [0.29, 0.717) is 24.6 Å². The van der Waals surface area contributed by atoms with Crippen LogP contribution in [-0.4, -0.2) is 34.1 Å². The van der Waals surface area contributed by atoms with E-state index in [1.165, 1.54) is 18.2 Å². The van der Waals surface area contributed by atoms with Crippen LogP contribution in [0.1, 0.15) is 44.5 Å². The van der Waals surface area contributed by atoms with Gasteiger partial charge >= 0.3 is 6.03 Å². The summed E-state index contributed by atoms with van der Waals surface area (Å²) in [6, 6.07) is 3.84. The lowest BCUT2D eigenvalue weighted by Crippen LogP contribution is -2.41. The molecular weight excluding hydrogens is 323 g/mol. The second-order valence-corrected chi connectivity index (χ2v) is 6.10. The van der Waals surface area contributed by atoms with Crippen LogP contribution >= 0.6 is 0 Å². The van der Waals surface area contributed by atoms with Crippen LogP contribution in [0.2, 0.25) is 0 Å². The topological polar surface area (TPSA) is 70.2 Å². The van der Waals surface area contributed by atoms with E-state index >= 15 is 0 Å². The summed E-state index contributed by atoms with van der Waals surface area (Å²) in [5, 5.41) is 2.86. The molecule has 0 spiro atoms. The highest BCUT2D eigenvalue weighted by molar-refractivity contribution is 5.91. The highest BCUT2D eigenvalue weighted by atomic mass is 19.1. The molecule has 134 valence electrons. The van der Waals surface area contributed by atoms with Crippen LogP contribution in [0.15, 0.2) is 30.6 Å². The molecule has 2 heterocycles. The van der Waals surface area contributed by atoms with Crippen LogP contribution in [0.3, 0.4) is 0 Å². The molecule has 2 aromatic rings. The van der Waals surface area contributed by atoms with Crippen LogP contribution in [0.4, 0.5) is 14.9 Å². The fourth-order valence-electron chi connectivity index (χ4n) is 3.04. The van der Waals surface area contributed by atoms with Crippen molar-refractivity contribution in [3.63, 3.8) is 0 Å². The first-order valence-corrected chi connectivity index (χ1v) is 8.68. The van der Waals surface area contributed by atoms with E-state index in [0.717, 1.165) is 31.5 Å². The number of amides is 2. The van der Waals surface area contributed by atoms with Gasteiger partial charge in [-0.05, 0) is 37.8 Å². The highest BCUT2D eigenvalue weighted by Crippen LogP contribution is 2.31. The molecule has 25 heavy (non-hydrogen) atoms. The number of hydrogen-bond acceptors (Lipinski definition) is 3. The minimum Gasteiger partial charge on any atom is -0.491 e.